The van der Waals surface area contributed by atoms with Gasteiger partial charge in [-0.15, -0.1) is 0 Å². The van der Waals surface area contributed by atoms with Gasteiger partial charge < -0.3 is 5.32 Å². The van der Waals surface area contributed by atoms with Crippen molar-refractivity contribution in [2.24, 2.45) is 5.92 Å². The molecule has 21 heavy (non-hydrogen) atoms. The van der Waals surface area contributed by atoms with Crippen LogP contribution in [-0.2, 0) is 23.1 Å². The number of hydrogen-bond acceptors (Lipinski definition) is 3. The van der Waals surface area contributed by atoms with Gasteiger partial charge in [-0.05, 0) is 42.0 Å². The first kappa shape index (κ1) is 15.0. The van der Waals surface area contributed by atoms with Crippen LogP contribution in [0.25, 0.3) is 0 Å². The minimum absolute atomic E-state index is 0.134. The van der Waals surface area contributed by atoms with Crippen LogP contribution >= 0.6 is 0 Å². The maximum atomic E-state index is 12.9. The van der Waals surface area contributed by atoms with E-state index in [2.05, 4.69) is 12.2 Å². The zero-order valence-electron chi connectivity index (χ0n) is 12.8. The van der Waals surface area contributed by atoms with E-state index in [0.29, 0.717) is 10.8 Å². The fraction of sp³-hybridized carbons (Fsp3) is 0.625. The molecule has 5 heteroatoms. The molecule has 1 aliphatic heterocycles. The van der Waals surface area contributed by atoms with Gasteiger partial charge in [-0.25, -0.2) is 8.42 Å². The van der Waals surface area contributed by atoms with Crippen LogP contribution in [0.1, 0.15) is 43.7 Å². The van der Waals surface area contributed by atoms with Gasteiger partial charge in [-0.1, -0.05) is 25.8 Å². The zero-order valence-corrected chi connectivity index (χ0v) is 13.6. The average molecular weight is 308 g/mol. The first-order valence-electron chi connectivity index (χ1n) is 7.80. The van der Waals surface area contributed by atoms with Crippen LogP contribution in [0.15, 0.2) is 23.1 Å². The SMILES string of the molecule is CC1CCCCC1N(C)S(=O)(=O)c1ccc2c(c1)CNC2. The highest BCUT2D eigenvalue weighted by molar-refractivity contribution is 7.89. The van der Waals surface area contributed by atoms with Crippen molar-refractivity contribution in [1.82, 2.24) is 9.62 Å². The van der Waals surface area contributed by atoms with Crippen molar-refractivity contribution in [2.75, 3.05) is 7.05 Å². The minimum atomic E-state index is -3.39. The summed E-state index contributed by atoms with van der Waals surface area (Å²) in [6.45, 7) is 3.77. The lowest BCUT2D eigenvalue weighted by Crippen LogP contribution is -2.42. The van der Waals surface area contributed by atoms with Crippen LogP contribution in [-0.4, -0.2) is 25.8 Å². The first-order valence-corrected chi connectivity index (χ1v) is 9.24. The molecule has 0 aromatic heterocycles. The van der Waals surface area contributed by atoms with E-state index in [4.69, 9.17) is 0 Å². The summed E-state index contributed by atoms with van der Waals surface area (Å²) in [5.41, 5.74) is 2.32. The molecule has 1 heterocycles. The number of nitrogens with zero attached hydrogens (tertiary/aromatic N) is 1. The van der Waals surface area contributed by atoms with E-state index in [0.717, 1.165) is 37.9 Å². The third-order valence-electron chi connectivity index (χ3n) is 5.02. The van der Waals surface area contributed by atoms with Gasteiger partial charge in [0.1, 0.15) is 0 Å². The van der Waals surface area contributed by atoms with Crippen molar-refractivity contribution < 1.29 is 8.42 Å². The van der Waals surface area contributed by atoms with Crippen molar-refractivity contribution in [3.05, 3.63) is 29.3 Å². The number of hydrogen-bond donors (Lipinski definition) is 1. The second-order valence-corrected chi connectivity index (χ2v) is 8.38. The van der Waals surface area contributed by atoms with E-state index < -0.39 is 10.0 Å². The summed E-state index contributed by atoms with van der Waals surface area (Å²) in [6, 6.07) is 5.68. The lowest BCUT2D eigenvalue weighted by molar-refractivity contribution is 0.213. The smallest absolute Gasteiger partial charge is 0.243 e. The Kier molecular flexibility index (Phi) is 4.08. The zero-order chi connectivity index (χ0) is 15.0. The standard InChI is InChI=1S/C16H24N2O2S/c1-12-5-3-4-6-16(12)18(2)21(19,20)15-8-7-13-10-17-11-14(13)9-15/h7-9,12,16-17H,3-6,10-11H2,1-2H3. The van der Waals surface area contributed by atoms with Crippen molar-refractivity contribution in [1.29, 1.82) is 0 Å². The third-order valence-corrected chi connectivity index (χ3v) is 6.90. The van der Waals surface area contributed by atoms with Gasteiger partial charge in [0.2, 0.25) is 10.0 Å². The van der Waals surface area contributed by atoms with Crippen LogP contribution in [0.2, 0.25) is 0 Å². The average Bonchev–Trinajstić information content (AvgIpc) is 2.94. The molecule has 0 spiro atoms. The van der Waals surface area contributed by atoms with E-state index >= 15 is 0 Å². The minimum Gasteiger partial charge on any atom is -0.309 e. The van der Waals surface area contributed by atoms with Crippen molar-refractivity contribution >= 4 is 10.0 Å². The van der Waals surface area contributed by atoms with E-state index in [-0.39, 0.29) is 6.04 Å². The Morgan fingerprint density at radius 2 is 1.86 bits per heavy atom. The summed E-state index contributed by atoms with van der Waals surface area (Å²) in [5.74, 6) is 0.439. The fourth-order valence-corrected chi connectivity index (χ4v) is 5.15. The molecule has 2 atom stereocenters. The molecule has 0 saturated heterocycles. The maximum Gasteiger partial charge on any atom is 0.243 e. The van der Waals surface area contributed by atoms with Crippen LogP contribution in [0.3, 0.4) is 0 Å². The van der Waals surface area contributed by atoms with Gasteiger partial charge in [0.25, 0.3) is 0 Å². The first-order chi connectivity index (χ1) is 10.00. The highest BCUT2D eigenvalue weighted by Crippen LogP contribution is 2.31. The molecule has 2 aliphatic rings. The van der Waals surface area contributed by atoms with Crippen molar-refractivity contribution in [3.8, 4) is 0 Å². The Morgan fingerprint density at radius 3 is 2.62 bits per heavy atom. The highest BCUT2D eigenvalue weighted by Gasteiger charge is 2.33. The Hall–Kier alpha value is -0.910. The van der Waals surface area contributed by atoms with E-state index in [1.54, 1.807) is 17.4 Å². The number of fused-ring (bicyclic) bond motifs is 1. The summed E-state index contributed by atoms with van der Waals surface area (Å²) in [6.07, 6.45) is 4.45. The number of rotatable bonds is 3. The van der Waals surface area contributed by atoms with Gasteiger partial charge in [0, 0.05) is 26.2 Å². The number of sulfonamides is 1. The van der Waals surface area contributed by atoms with Crippen LogP contribution in [0, 0.1) is 5.92 Å². The van der Waals surface area contributed by atoms with Crippen molar-refractivity contribution in [3.63, 3.8) is 0 Å². The summed E-state index contributed by atoms with van der Waals surface area (Å²) in [4.78, 5) is 0.435. The van der Waals surface area contributed by atoms with Gasteiger partial charge in [-0.3, -0.25) is 0 Å². The predicted molar refractivity (Wildman–Crippen MR) is 83.4 cm³/mol. The Labute approximate surface area is 127 Å². The molecule has 3 rings (SSSR count). The van der Waals surface area contributed by atoms with Gasteiger partial charge in [-0.2, -0.15) is 4.31 Å². The molecular formula is C16H24N2O2S. The van der Waals surface area contributed by atoms with Crippen LogP contribution < -0.4 is 5.32 Å². The predicted octanol–water partition coefficient (Wildman–Crippen LogP) is 2.49. The molecule has 1 saturated carbocycles. The number of nitrogens with one attached hydrogen (secondary N) is 1. The third kappa shape index (κ3) is 2.74. The Bertz CT molecular complexity index is 627. The highest BCUT2D eigenvalue weighted by atomic mass is 32.2. The molecule has 0 amide bonds. The maximum absolute atomic E-state index is 12.9. The van der Waals surface area contributed by atoms with E-state index in [9.17, 15) is 8.42 Å². The molecule has 2 unspecified atom stereocenters. The van der Waals surface area contributed by atoms with E-state index in [1.165, 1.54) is 12.0 Å². The van der Waals surface area contributed by atoms with Crippen molar-refractivity contribution in [2.45, 2.75) is 56.6 Å². The van der Waals surface area contributed by atoms with Gasteiger partial charge in [0.05, 0.1) is 4.90 Å². The lowest BCUT2D eigenvalue weighted by atomic mass is 9.86. The Morgan fingerprint density at radius 1 is 1.14 bits per heavy atom. The quantitative estimate of drug-likeness (QED) is 0.933. The van der Waals surface area contributed by atoms with Crippen LogP contribution in [0.4, 0.5) is 0 Å². The largest absolute Gasteiger partial charge is 0.309 e. The molecule has 1 aliphatic carbocycles. The molecule has 1 aromatic rings. The molecule has 1 aromatic carbocycles. The molecular weight excluding hydrogens is 284 g/mol. The normalized spacial score (nSPS) is 26.0. The topological polar surface area (TPSA) is 49.4 Å². The molecule has 0 radical (unpaired) electrons. The molecule has 1 N–H and O–H groups in total. The molecule has 4 nitrogen and oxygen atoms in total. The summed E-state index contributed by atoms with van der Waals surface area (Å²) < 4.78 is 27.4. The molecule has 0 bridgehead atoms. The second kappa shape index (κ2) is 5.71. The molecule has 116 valence electrons. The summed E-state index contributed by atoms with van der Waals surface area (Å²) >= 11 is 0. The number of benzene rings is 1. The summed E-state index contributed by atoms with van der Waals surface area (Å²) in [7, 11) is -1.64. The second-order valence-electron chi connectivity index (χ2n) is 6.38. The monoisotopic (exact) mass is 308 g/mol. The van der Waals surface area contributed by atoms with E-state index in [1.807, 2.05) is 12.1 Å². The van der Waals surface area contributed by atoms with Gasteiger partial charge >= 0.3 is 0 Å². The fourth-order valence-electron chi connectivity index (χ4n) is 3.61. The van der Waals surface area contributed by atoms with Crippen LogP contribution in [0.5, 0.6) is 0 Å². The van der Waals surface area contributed by atoms with Gasteiger partial charge in [0.15, 0.2) is 0 Å². The molecule has 1 fully saturated rings. The summed E-state index contributed by atoms with van der Waals surface area (Å²) in [5, 5.41) is 3.26. The Balaban J connectivity index is 1.89. The lowest BCUT2D eigenvalue weighted by Gasteiger charge is -2.35.